The fourth-order valence-corrected chi connectivity index (χ4v) is 2.03. The Morgan fingerprint density at radius 3 is 2.68 bits per heavy atom. The standard InChI is InChI=1S/C14H25N5O2.HI/c1-14(2,3)12-18-11(19-21-12)9-17-13(15-4)16-8-10-6-5-7-20-10;/h10H,5-9H2,1-4H3,(H2,15,16,17);1H. The van der Waals surface area contributed by atoms with Crippen molar-refractivity contribution in [3.05, 3.63) is 11.7 Å². The molecule has 8 heteroatoms. The van der Waals surface area contributed by atoms with Gasteiger partial charge in [-0.1, -0.05) is 25.9 Å². The van der Waals surface area contributed by atoms with E-state index in [1.54, 1.807) is 7.05 Å². The SMILES string of the molecule is CN=C(NCc1noc(C(C)(C)C)n1)NCC1CCCO1.I. The number of nitrogens with one attached hydrogen (secondary N) is 2. The van der Waals surface area contributed by atoms with Crippen molar-refractivity contribution < 1.29 is 9.26 Å². The molecule has 2 rings (SSSR count). The smallest absolute Gasteiger partial charge is 0.232 e. The van der Waals surface area contributed by atoms with Gasteiger partial charge in [-0.05, 0) is 12.8 Å². The summed E-state index contributed by atoms with van der Waals surface area (Å²) in [6.45, 7) is 8.22. The molecule has 0 amide bonds. The summed E-state index contributed by atoms with van der Waals surface area (Å²) in [7, 11) is 1.74. The van der Waals surface area contributed by atoms with Crippen molar-refractivity contribution in [2.45, 2.75) is 51.7 Å². The fraction of sp³-hybridized carbons (Fsp3) is 0.786. The van der Waals surface area contributed by atoms with Gasteiger partial charge in [-0.2, -0.15) is 4.98 Å². The van der Waals surface area contributed by atoms with Gasteiger partial charge in [-0.15, -0.1) is 24.0 Å². The maximum Gasteiger partial charge on any atom is 0.232 e. The summed E-state index contributed by atoms with van der Waals surface area (Å²) in [6.07, 6.45) is 2.52. The minimum Gasteiger partial charge on any atom is -0.376 e. The largest absolute Gasteiger partial charge is 0.376 e. The van der Waals surface area contributed by atoms with Crippen LogP contribution in [0.25, 0.3) is 0 Å². The van der Waals surface area contributed by atoms with Crippen LogP contribution >= 0.6 is 24.0 Å². The molecule has 0 saturated carbocycles. The molecule has 1 atom stereocenters. The molecule has 1 aliphatic rings. The number of guanidine groups is 1. The van der Waals surface area contributed by atoms with E-state index in [1.807, 2.05) is 20.8 Å². The van der Waals surface area contributed by atoms with Crippen LogP contribution in [0.4, 0.5) is 0 Å². The summed E-state index contributed by atoms with van der Waals surface area (Å²) in [5.41, 5.74) is -0.134. The summed E-state index contributed by atoms with van der Waals surface area (Å²) in [5, 5.41) is 10.4. The molecule has 2 heterocycles. The van der Waals surface area contributed by atoms with Crippen molar-refractivity contribution in [2.24, 2.45) is 4.99 Å². The Kier molecular flexibility index (Phi) is 7.54. The van der Waals surface area contributed by atoms with E-state index in [9.17, 15) is 0 Å². The molecule has 2 N–H and O–H groups in total. The number of hydrogen-bond acceptors (Lipinski definition) is 5. The second-order valence-corrected chi connectivity index (χ2v) is 6.21. The normalized spacial score (nSPS) is 18.9. The van der Waals surface area contributed by atoms with Crippen molar-refractivity contribution in [3.8, 4) is 0 Å². The van der Waals surface area contributed by atoms with Crippen LogP contribution in [-0.2, 0) is 16.7 Å². The minimum absolute atomic E-state index is 0. The Morgan fingerprint density at radius 1 is 1.36 bits per heavy atom. The third-order valence-electron chi connectivity index (χ3n) is 3.27. The Hall–Kier alpha value is -0.900. The third kappa shape index (κ3) is 5.71. The molecule has 7 nitrogen and oxygen atoms in total. The fourth-order valence-electron chi connectivity index (χ4n) is 2.03. The Bertz CT molecular complexity index is 478. The lowest BCUT2D eigenvalue weighted by atomic mass is 9.97. The third-order valence-corrected chi connectivity index (χ3v) is 3.27. The molecule has 1 unspecified atom stereocenters. The number of rotatable bonds is 4. The summed E-state index contributed by atoms with van der Waals surface area (Å²) in [5.74, 6) is 1.98. The average Bonchev–Trinajstić information content (AvgIpc) is 3.09. The van der Waals surface area contributed by atoms with Crippen LogP contribution < -0.4 is 10.6 Å². The lowest BCUT2D eigenvalue weighted by Gasteiger charge is -2.14. The van der Waals surface area contributed by atoms with Gasteiger partial charge in [0.15, 0.2) is 11.8 Å². The predicted octanol–water partition coefficient (Wildman–Crippen LogP) is 1.83. The lowest BCUT2D eigenvalue weighted by Crippen LogP contribution is -2.40. The first-order valence-electron chi connectivity index (χ1n) is 7.38. The number of halogens is 1. The molecule has 1 saturated heterocycles. The van der Waals surface area contributed by atoms with Gasteiger partial charge in [0.25, 0.3) is 0 Å². The highest BCUT2D eigenvalue weighted by Gasteiger charge is 2.21. The quantitative estimate of drug-likeness (QED) is 0.437. The van der Waals surface area contributed by atoms with Crippen molar-refractivity contribution in [2.75, 3.05) is 20.2 Å². The number of hydrogen-bond donors (Lipinski definition) is 2. The molecule has 0 aromatic carbocycles. The highest BCUT2D eigenvalue weighted by Crippen LogP contribution is 2.19. The van der Waals surface area contributed by atoms with Gasteiger partial charge in [-0.3, -0.25) is 4.99 Å². The van der Waals surface area contributed by atoms with E-state index in [2.05, 4.69) is 25.8 Å². The van der Waals surface area contributed by atoms with E-state index in [4.69, 9.17) is 9.26 Å². The summed E-state index contributed by atoms with van der Waals surface area (Å²) in [4.78, 5) is 8.55. The Morgan fingerprint density at radius 2 is 2.14 bits per heavy atom. The Labute approximate surface area is 148 Å². The molecule has 0 radical (unpaired) electrons. The molecule has 1 aliphatic heterocycles. The van der Waals surface area contributed by atoms with Gasteiger partial charge in [0, 0.05) is 25.6 Å². The molecule has 0 spiro atoms. The number of aromatic nitrogens is 2. The van der Waals surface area contributed by atoms with Crippen LogP contribution in [0.3, 0.4) is 0 Å². The van der Waals surface area contributed by atoms with Crippen molar-refractivity contribution in [1.82, 2.24) is 20.8 Å². The molecule has 1 fully saturated rings. The maximum atomic E-state index is 5.57. The van der Waals surface area contributed by atoms with Crippen molar-refractivity contribution >= 4 is 29.9 Å². The number of aliphatic imine (C=N–C) groups is 1. The lowest BCUT2D eigenvalue weighted by molar-refractivity contribution is 0.114. The van der Waals surface area contributed by atoms with Gasteiger partial charge in [0.2, 0.25) is 5.89 Å². The first-order valence-corrected chi connectivity index (χ1v) is 7.38. The van der Waals surface area contributed by atoms with E-state index in [0.29, 0.717) is 24.2 Å². The zero-order valence-electron chi connectivity index (χ0n) is 13.7. The van der Waals surface area contributed by atoms with Gasteiger partial charge in [0.05, 0.1) is 12.6 Å². The monoisotopic (exact) mass is 423 g/mol. The minimum atomic E-state index is -0.134. The number of nitrogens with zero attached hydrogens (tertiary/aromatic N) is 3. The highest BCUT2D eigenvalue weighted by molar-refractivity contribution is 14.0. The second kappa shape index (κ2) is 8.66. The molecule has 0 aliphatic carbocycles. The van der Waals surface area contributed by atoms with Crippen LogP contribution in [0.5, 0.6) is 0 Å². The molecular formula is C14H26IN5O2. The summed E-state index contributed by atoms with van der Waals surface area (Å²) in [6, 6.07) is 0. The molecule has 1 aromatic heterocycles. The zero-order valence-corrected chi connectivity index (χ0v) is 16.0. The van der Waals surface area contributed by atoms with Gasteiger partial charge in [0.1, 0.15) is 0 Å². The Balaban J connectivity index is 0.00000242. The predicted molar refractivity (Wildman–Crippen MR) is 95.6 cm³/mol. The first-order chi connectivity index (χ1) is 9.99. The average molecular weight is 423 g/mol. The summed E-state index contributed by atoms with van der Waals surface area (Å²) < 4.78 is 10.8. The van der Waals surface area contributed by atoms with Crippen LogP contribution in [0.1, 0.15) is 45.3 Å². The van der Waals surface area contributed by atoms with Crippen molar-refractivity contribution in [3.63, 3.8) is 0 Å². The topological polar surface area (TPSA) is 84.6 Å². The maximum absolute atomic E-state index is 5.57. The van der Waals surface area contributed by atoms with Crippen molar-refractivity contribution in [1.29, 1.82) is 0 Å². The highest BCUT2D eigenvalue weighted by atomic mass is 127. The van der Waals surface area contributed by atoms with E-state index in [0.717, 1.165) is 26.0 Å². The van der Waals surface area contributed by atoms with E-state index in [-0.39, 0.29) is 35.5 Å². The van der Waals surface area contributed by atoms with Gasteiger partial charge < -0.3 is 19.9 Å². The number of ether oxygens (including phenoxy) is 1. The van der Waals surface area contributed by atoms with Crippen LogP contribution in [0.15, 0.2) is 9.52 Å². The second-order valence-electron chi connectivity index (χ2n) is 6.21. The molecule has 22 heavy (non-hydrogen) atoms. The van der Waals surface area contributed by atoms with Gasteiger partial charge in [-0.25, -0.2) is 0 Å². The molecule has 1 aromatic rings. The van der Waals surface area contributed by atoms with Crippen LogP contribution in [0, 0.1) is 0 Å². The molecule has 126 valence electrons. The van der Waals surface area contributed by atoms with Gasteiger partial charge >= 0.3 is 0 Å². The van der Waals surface area contributed by atoms with E-state index in [1.165, 1.54) is 0 Å². The zero-order chi connectivity index (χ0) is 15.3. The van der Waals surface area contributed by atoms with Crippen LogP contribution in [0.2, 0.25) is 0 Å². The van der Waals surface area contributed by atoms with E-state index >= 15 is 0 Å². The molecule has 0 bridgehead atoms. The summed E-state index contributed by atoms with van der Waals surface area (Å²) >= 11 is 0. The first kappa shape index (κ1) is 19.1. The molecular weight excluding hydrogens is 397 g/mol. The van der Waals surface area contributed by atoms with Crippen LogP contribution in [-0.4, -0.2) is 42.4 Å². The van der Waals surface area contributed by atoms with E-state index < -0.39 is 0 Å².